The summed E-state index contributed by atoms with van der Waals surface area (Å²) in [7, 11) is 1.16. The SMILES string of the molecule is COCOC(C#N)(C#N)c1c(F)c(F)c(C(=O)O)c(-c2c3ccc(=[N+]4CCC4)cc-3sc3cc(N4CCC4)ccc23)c1F. The second kappa shape index (κ2) is 11.0. The van der Waals surface area contributed by atoms with E-state index in [1.54, 1.807) is 12.1 Å². The molecule has 4 aliphatic rings. The van der Waals surface area contributed by atoms with Crippen LogP contribution in [0.15, 0.2) is 36.4 Å². The highest BCUT2D eigenvalue weighted by Crippen LogP contribution is 2.48. The van der Waals surface area contributed by atoms with Crippen molar-refractivity contribution in [2.24, 2.45) is 0 Å². The molecule has 0 bridgehead atoms. The number of hydrogen-bond donors (Lipinski definition) is 1. The Balaban J connectivity index is 1.76. The van der Waals surface area contributed by atoms with Crippen LogP contribution in [0.1, 0.15) is 28.8 Å². The van der Waals surface area contributed by atoms with E-state index in [1.165, 1.54) is 23.5 Å². The maximum atomic E-state index is 16.8. The first-order chi connectivity index (χ1) is 20.7. The average Bonchev–Trinajstić information content (AvgIpc) is 2.93. The molecule has 8 nitrogen and oxygen atoms in total. The van der Waals surface area contributed by atoms with Crippen molar-refractivity contribution < 1.29 is 32.5 Å². The normalized spacial score (nSPS) is 14.7. The van der Waals surface area contributed by atoms with Crippen LogP contribution in [0.4, 0.5) is 18.9 Å². The number of methoxy groups -OCH3 is 1. The molecule has 3 aliphatic heterocycles. The molecule has 0 unspecified atom stereocenters. The Morgan fingerprint density at radius 2 is 1.79 bits per heavy atom. The van der Waals surface area contributed by atoms with Crippen molar-refractivity contribution in [2.75, 3.05) is 45.0 Å². The molecule has 0 saturated carbocycles. The number of hydrogen-bond acceptors (Lipinski definition) is 7. The van der Waals surface area contributed by atoms with Gasteiger partial charge in [0.2, 0.25) is 5.36 Å². The predicted molar refractivity (Wildman–Crippen MR) is 153 cm³/mol. The molecule has 3 heterocycles. The Morgan fingerprint density at radius 3 is 2.37 bits per heavy atom. The summed E-state index contributed by atoms with van der Waals surface area (Å²) in [6, 6.07) is 13.7. The number of rotatable bonds is 7. The number of benzene rings is 3. The van der Waals surface area contributed by atoms with Crippen LogP contribution in [0.5, 0.6) is 0 Å². The Hall–Kier alpha value is -4.49. The fraction of sp³-hybridized carbons (Fsp3) is 0.290. The van der Waals surface area contributed by atoms with Gasteiger partial charge in [-0.05, 0) is 24.6 Å². The van der Waals surface area contributed by atoms with Crippen LogP contribution in [0.2, 0.25) is 0 Å². The van der Waals surface area contributed by atoms with Crippen molar-refractivity contribution in [1.29, 1.82) is 10.5 Å². The number of aromatic carboxylic acids is 1. The minimum absolute atomic E-state index is 0.000593. The van der Waals surface area contributed by atoms with E-state index in [2.05, 4.69) is 9.48 Å². The lowest BCUT2D eigenvalue weighted by Gasteiger charge is -2.33. The molecule has 2 aromatic carbocycles. The van der Waals surface area contributed by atoms with Gasteiger partial charge in [0.1, 0.15) is 43.4 Å². The Labute approximate surface area is 248 Å². The lowest BCUT2D eigenvalue weighted by atomic mass is 9.85. The summed E-state index contributed by atoms with van der Waals surface area (Å²) >= 11 is 1.41. The number of anilines is 1. The van der Waals surface area contributed by atoms with Gasteiger partial charge < -0.3 is 19.5 Å². The molecule has 0 atom stereocenters. The van der Waals surface area contributed by atoms with Crippen LogP contribution >= 0.6 is 11.3 Å². The van der Waals surface area contributed by atoms with Gasteiger partial charge in [-0.3, -0.25) is 0 Å². The van der Waals surface area contributed by atoms with Crippen LogP contribution < -0.4 is 14.8 Å². The molecular weight excluding hydrogens is 581 g/mol. The lowest BCUT2D eigenvalue weighted by molar-refractivity contribution is -0.0860. The Kier molecular flexibility index (Phi) is 7.30. The monoisotopic (exact) mass is 605 g/mol. The first-order valence-corrected chi connectivity index (χ1v) is 14.3. The number of nitrogens with zero attached hydrogens (tertiary/aromatic N) is 4. The van der Waals surface area contributed by atoms with Gasteiger partial charge in [0, 0.05) is 69.7 Å². The van der Waals surface area contributed by atoms with Crippen LogP contribution in [-0.2, 0) is 15.1 Å². The standard InChI is InChI=1S/C31H23F3N4O4S/c1-41-16-42-31(14-35,15-36)26-27(32)24(25(30(39)40)28(33)29(26)34)23-19-6-4-17(37-8-2-9-37)12-21(19)43-22-13-18(5-7-20(22)23)38-10-3-11-38/h4-7,12-13H,2-3,8-11,16H2,1H3/p+1. The molecule has 6 rings (SSSR count). The lowest BCUT2D eigenvalue weighted by Crippen LogP contribution is -2.40. The van der Waals surface area contributed by atoms with Gasteiger partial charge in [0.25, 0.3) is 5.60 Å². The van der Waals surface area contributed by atoms with E-state index in [9.17, 15) is 20.4 Å². The third-order valence-electron chi connectivity index (χ3n) is 7.98. The van der Waals surface area contributed by atoms with Crippen molar-refractivity contribution in [2.45, 2.75) is 18.4 Å². The molecule has 2 fully saturated rings. The molecule has 0 aromatic heterocycles. The number of ether oxygens (including phenoxy) is 2. The van der Waals surface area contributed by atoms with Gasteiger partial charge in [-0.25, -0.2) is 22.5 Å². The van der Waals surface area contributed by atoms with Crippen LogP contribution in [0.25, 0.3) is 31.7 Å². The van der Waals surface area contributed by atoms with Crippen molar-refractivity contribution in [1.82, 2.24) is 4.58 Å². The smallest absolute Gasteiger partial charge is 0.339 e. The third kappa shape index (κ3) is 4.50. The Bertz CT molecular complexity index is 1920. The highest BCUT2D eigenvalue weighted by Gasteiger charge is 2.45. The van der Waals surface area contributed by atoms with E-state index in [0.29, 0.717) is 20.5 Å². The van der Waals surface area contributed by atoms with E-state index >= 15 is 13.2 Å². The number of fused-ring (bicyclic) bond motifs is 2. The average molecular weight is 606 g/mol. The van der Waals surface area contributed by atoms with Gasteiger partial charge >= 0.3 is 5.97 Å². The summed E-state index contributed by atoms with van der Waals surface area (Å²) in [6.45, 7) is 2.74. The summed E-state index contributed by atoms with van der Waals surface area (Å²) < 4.78 is 60.8. The Morgan fingerprint density at radius 1 is 1.05 bits per heavy atom. The highest BCUT2D eigenvalue weighted by molar-refractivity contribution is 7.21. The molecule has 1 N–H and O–H groups in total. The molecule has 0 radical (unpaired) electrons. The second-order valence-corrected chi connectivity index (χ2v) is 11.4. The van der Waals surface area contributed by atoms with Gasteiger partial charge in [0.05, 0.1) is 12.0 Å². The van der Waals surface area contributed by atoms with Crippen LogP contribution in [0, 0.1) is 40.1 Å². The molecule has 12 heteroatoms. The first kappa shape index (κ1) is 28.6. The zero-order valence-electron chi connectivity index (χ0n) is 22.9. The van der Waals surface area contributed by atoms with E-state index in [-0.39, 0.29) is 5.56 Å². The van der Waals surface area contributed by atoms with Crippen molar-refractivity contribution >= 4 is 33.1 Å². The maximum Gasteiger partial charge on any atom is 0.339 e. The topological polar surface area (TPSA) is 110 Å². The first-order valence-electron chi connectivity index (χ1n) is 13.5. The van der Waals surface area contributed by atoms with Gasteiger partial charge in [-0.2, -0.15) is 10.5 Å². The quantitative estimate of drug-likeness (QED) is 0.136. The van der Waals surface area contributed by atoms with E-state index in [4.69, 9.17) is 9.47 Å². The summed E-state index contributed by atoms with van der Waals surface area (Å²) in [5.41, 5.74) is -5.05. The number of carboxylic acids is 1. The van der Waals surface area contributed by atoms with E-state index < -0.39 is 52.5 Å². The van der Waals surface area contributed by atoms with Gasteiger partial charge in [-0.1, -0.05) is 6.07 Å². The molecule has 1 aliphatic carbocycles. The summed E-state index contributed by atoms with van der Waals surface area (Å²) in [5, 5.41) is 31.2. The minimum atomic E-state index is -2.98. The van der Waals surface area contributed by atoms with Crippen molar-refractivity contribution in [3.8, 4) is 33.7 Å². The van der Waals surface area contributed by atoms with Crippen molar-refractivity contribution in [3.05, 3.63) is 70.3 Å². The third-order valence-corrected chi connectivity index (χ3v) is 9.09. The van der Waals surface area contributed by atoms with Crippen LogP contribution in [0.3, 0.4) is 0 Å². The van der Waals surface area contributed by atoms with E-state index in [1.807, 2.05) is 24.3 Å². The van der Waals surface area contributed by atoms with Crippen LogP contribution in [-0.4, -0.2) is 51.2 Å². The molecule has 2 saturated heterocycles. The largest absolute Gasteiger partial charge is 0.478 e. The molecular formula is C31H24F3N4O4S+. The molecule has 2 aromatic rings. The summed E-state index contributed by atoms with van der Waals surface area (Å²) in [4.78, 5) is 15.3. The zero-order valence-corrected chi connectivity index (χ0v) is 23.7. The summed E-state index contributed by atoms with van der Waals surface area (Å²) in [5.74, 6) is -7.44. The molecule has 218 valence electrons. The van der Waals surface area contributed by atoms with E-state index in [0.717, 1.165) is 57.2 Å². The minimum Gasteiger partial charge on any atom is -0.478 e. The van der Waals surface area contributed by atoms with Gasteiger partial charge in [0.15, 0.2) is 11.6 Å². The molecule has 43 heavy (non-hydrogen) atoms. The second-order valence-electron chi connectivity index (χ2n) is 10.3. The highest BCUT2D eigenvalue weighted by atomic mass is 32.1. The zero-order chi connectivity index (χ0) is 30.5. The summed E-state index contributed by atoms with van der Waals surface area (Å²) in [6.07, 6.45) is 2.08. The number of carboxylic acid groups (broad SMARTS) is 1. The number of carbonyl (C=O) groups is 1. The van der Waals surface area contributed by atoms with Gasteiger partial charge in [-0.15, -0.1) is 11.3 Å². The number of halogens is 3. The molecule has 0 spiro atoms. The maximum absolute atomic E-state index is 16.8. The molecule has 0 amide bonds. The predicted octanol–water partition coefficient (Wildman–Crippen LogP) is 5.04. The number of nitriles is 2. The fourth-order valence-corrected chi connectivity index (χ4v) is 6.66. The fourth-order valence-electron chi connectivity index (χ4n) is 5.50. The van der Waals surface area contributed by atoms with Crippen molar-refractivity contribution in [3.63, 3.8) is 0 Å².